The summed E-state index contributed by atoms with van der Waals surface area (Å²) >= 11 is 12.2. The van der Waals surface area contributed by atoms with Gasteiger partial charge in [-0.25, -0.2) is 0 Å². The molecule has 0 saturated carbocycles. The molecule has 0 atom stereocenters. The number of aromatic nitrogens is 2. The molecule has 0 aliphatic carbocycles. The Balaban J connectivity index is 1.83. The molecule has 116 valence electrons. The van der Waals surface area contributed by atoms with Gasteiger partial charge in [-0.1, -0.05) is 54.4 Å². The van der Waals surface area contributed by atoms with E-state index in [4.69, 9.17) is 27.6 Å². The highest BCUT2D eigenvalue weighted by atomic mass is 35.5. The van der Waals surface area contributed by atoms with Crippen LogP contribution in [-0.4, -0.2) is 10.2 Å². The van der Waals surface area contributed by atoms with E-state index in [1.807, 2.05) is 24.3 Å². The number of halogens is 2. The Labute approximate surface area is 144 Å². The molecule has 0 radical (unpaired) electrons. The van der Waals surface area contributed by atoms with Crippen LogP contribution in [0.5, 0.6) is 0 Å². The van der Waals surface area contributed by atoms with Gasteiger partial charge in [0.05, 0.1) is 0 Å². The molecular formula is C18H14Cl2N2O. The summed E-state index contributed by atoms with van der Waals surface area (Å²) in [6.45, 7) is 2.12. The van der Waals surface area contributed by atoms with E-state index in [0.29, 0.717) is 15.9 Å². The molecule has 3 rings (SSSR count). The first-order valence-corrected chi connectivity index (χ1v) is 7.97. The lowest BCUT2D eigenvalue weighted by molar-refractivity contribution is 0.556. The van der Waals surface area contributed by atoms with Gasteiger partial charge in [0.1, 0.15) is 5.03 Å². The minimum absolute atomic E-state index is 0.288. The average Bonchev–Trinajstić information content (AvgIpc) is 3.06. The van der Waals surface area contributed by atoms with Crippen LogP contribution >= 0.6 is 23.2 Å². The molecule has 0 unspecified atom stereocenters. The quantitative estimate of drug-likeness (QED) is 0.610. The van der Waals surface area contributed by atoms with Crippen LogP contribution in [0.25, 0.3) is 22.6 Å². The maximum Gasteiger partial charge on any atom is 0.259 e. The van der Waals surface area contributed by atoms with E-state index in [-0.39, 0.29) is 5.89 Å². The molecule has 3 nitrogen and oxygen atoms in total. The van der Waals surface area contributed by atoms with Crippen molar-refractivity contribution < 1.29 is 4.42 Å². The number of hydrogen-bond donors (Lipinski definition) is 0. The summed E-state index contributed by atoms with van der Waals surface area (Å²) in [6, 6.07) is 15.4. The van der Waals surface area contributed by atoms with Crippen LogP contribution < -0.4 is 0 Å². The summed E-state index contributed by atoms with van der Waals surface area (Å²) in [5.41, 5.74) is 3.06. The first-order chi connectivity index (χ1) is 11.2. The van der Waals surface area contributed by atoms with Crippen LogP contribution in [0.3, 0.4) is 0 Å². The Morgan fingerprint density at radius 2 is 1.74 bits per heavy atom. The number of hydrogen-bond acceptors (Lipinski definition) is 3. The van der Waals surface area contributed by atoms with E-state index in [0.717, 1.165) is 17.5 Å². The topological polar surface area (TPSA) is 38.9 Å². The largest absolute Gasteiger partial charge is 0.415 e. The molecule has 3 aromatic rings. The zero-order chi connectivity index (χ0) is 16.2. The summed E-state index contributed by atoms with van der Waals surface area (Å²) < 4.78 is 5.62. The van der Waals surface area contributed by atoms with Crippen LogP contribution in [0.4, 0.5) is 0 Å². The number of benzene rings is 2. The third kappa shape index (κ3) is 3.81. The fourth-order valence-corrected chi connectivity index (χ4v) is 2.41. The molecule has 0 fully saturated rings. The first kappa shape index (κ1) is 15.8. The maximum absolute atomic E-state index is 6.28. The Morgan fingerprint density at radius 3 is 2.39 bits per heavy atom. The number of nitrogens with zero attached hydrogens (tertiary/aromatic N) is 2. The highest BCUT2D eigenvalue weighted by Gasteiger charge is 2.11. The maximum atomic E-state index is 6.28. The normalized spacial score (nSPS) is 11.7. The summed E-state index contributed by atoms with van der Waals surface area (Å²) in [6.07, 6.45) is 2.81. The molecule has 2 aromatic carbocycles. The molecule has 0 amide bonds. The van der Waals surface area contributed by atoms with Crippen LogP contribution in [0.15, 0.2) is 52.9 Å². The van der Waals surface area contributed by atoms with Crippen molar-refractivity contribution in [1.29, 1.82) is 0 Å². The van der Waals surface area contributed by atoms with E-state index in [1.165, 1.54) is 5.56 Å². The van der Waals surface area contributed by atoms with Gasteiger partial charge < -0.3 is 4.42 Å². The van der Waals surface area contributed by atoms with Crippen molar-refractivity contribution >= 4 is 34.3 Å². The van der Waals surface area contributed by atoms with Crippen molar-refractivity contribution in [3.8, 4) is 11.5 Å². The summed E-state index contributed by atoms with van der Waals surface area (Å²) in [4.78, 5) is 0. The highest BCUT2D eigenvalue weighted by molar-refractivity contribution is 6.50. The summed E-state index contributed by atoms with van der Waals surface area (Å²) in [5.74, 6) is 0.695. The Morgan fingerprint density at radius 1 is 1.04 bits per heavy atom. The number of rotatable bonds is 4. The molecule has 0 aliphatic heterocycles. The van der Waals surface area contributed by atoms with Gasteiger partial charge >= 0.3 is 0 Å². The molecular weight excluding hydrogens is 331 g/mol. The standard InChI is InChI=1S/C18H14Cl2N2O/c1-2-12-3-5-13(6-4-12)11-16(20)18-22-21-17(23-18)14-7-9-15(19)10-8-14/h3-11H,2H2,1H3/b16-11-. The Kier molecular flexibility index (Phi) is 4.79. The summed E-state index contributed by atoms with van der Waals surface area (Å²) in [7, 11) is 0. The smallest absolute Gasteiger partial charge is 0.259 e. The van der Waals surface area contributed by atoms with E-state index in [9.17, 15) is 0 Å². The van der Waals surface area contributed by atoms with Gasteiger partial charge in [-0.15, -0.1) is 10.2 Å². The second-order valence-corrected chi connectivity index (χ2v) is 5.85. The molecule has 0 aliphatic rings. The van der Waals surface area contributed by atoms with E-state index in [2.05, 4.69) is 29.3 Å². The van der Waals surface area contributed by atoms with Gasteiger partial charge in [-0.3, -0.25) is 0 Å². The van der Waals surface area contributed by atoms with Gasteiger partial charge in [0, 0.05) is 10.6 Å². The SMILES string of the molecule is CCc1ccc(/C=C(\Cl)c2nnc(-c3ccc(Cl)cc3)o2)cc1. The van der Waals surface area contributed by atoms with Gasteiger partial charge in [0.25, 0.3) is 5.89 Å². The molecule has 1 heterocycles. The first-order valence-electron chi connectivity index (χ1n) is 7.21. The van der Waals surface area contributed by atoms with Gasteiger partial charge in [-0.2, -0.15) is 0 Å². The van der Waals surface area contributed by atoms with Crippen molar-refractivity contribution in [2.24, 2.45) is 0 Å². The highest BCUT2D eigenvalue weighted by Crippen LogP contribution is 2.26. The van der Waals surface area contributed by atoms with Crippen LogP contribution in [-0.2, 0) is 6.42 Å². The van der Waals surface area contributed by atoms with Gasteiger partial charge in [0.2, 0.25) is 5.89 Å². The minimum atomic E-state index is 0.288. The summed E-state index contributed by atoms with van der Waals surface area (Å²) in [5, 5.41) is 9.08. The zero-order valence-corrected chi connectivity index (χ0v) is 14.0. The van der Waals surface area contributed by atoms with E-state index in [1.54, 1.807) is 18.2 Å². The number of aryl methyl sites for hydroxylation is 1. The molecule has 0 bridgehead atoms. The van der Waals surface area contributed by atoms with Crippen molar-refractivity contribution in [3.05, 3.63) is 70.6 Å². The monoisotopic (exact) mass is 344 g/mol. The Hall–Kier alpha value is -2.10. The van der Waals surface area contributed by atoms with Crippen LogP contribution in [0.1, 0.15) is 23.9 Å². The lowest BCUT2D eigenvalue weighted by Gasteiger charge is -1.98. The Bertz CT molecular complexity index is 821. The fraction of sp³-hybridized carbons (Fsp3) is 0.111. The predicted molar refractivity (Wildman–Crippen MR) is 94.3 cm³/mol. The lowest BCUT2D eigenvalue weighted by atomic mass is 10.1. The molecule has 23 heavy (non-hydrogen) atoms. The van der Waals surface area contributed by atoms with Crippen LogP contribution in [0, 0.1) is 0 Å². The van der Waals surface area contributed by atoms with Crippen molar-refractivity contribution in [3.63, 3.8) is 0 Å². The third-order valence-corrected chi connectivity index (χ3v) is 3.92. The minimum Gasteiger partial charge on any atom is -0.415 e. The second kappa shape index (κ2) is 6.99. The zero-order valence-electron chi connectivity index (χ0n) is 12.5. The lowest BCUT2D eigenvalue weighted by Crippen LogP contribution is -1.81. The van der Waals surface area contributed by atoms with E-state index >= 15 is 0 Å². The predicted octanol–water partition coefficient (Wildman–Crippen LogP) is 5.69. The molecule has 0 saturated heterocycles. The van der Waals surface area contributed by atoms with E-state index < -0.39 is 0 Å². The van der Waals surface area contributed by atoms with Crippen molar-refractivity contribution in [1.82, 2.24) is 10.2 Å². The molecule has 0 N–H and O–H groups in total. The van der Waals surface area contributed by atoms with Gasteiger partial charge in [0.15, 0.2) is 0 Å². The second-order valence-electron chi connectivity index (χ2n) is 5.01. The van der Waals surface area contributed by atoms with Crippen LogP contribution in [0.2, 0.25) is 5.02 Å². The third-order valence-electron chi connectivity index (χ3n) is 3.40. The van der Waals surface area contributed by atoms with Crippen molar-refractivity contribution in [2.45, 2.75) is 13.3 Å². The van der Waals surface area contributed by atoms with Gasteiger partial charge in [-0.05, 0) is 47.9 Å². The fourth-order valence-electron chi connectivity index (χ4n) is 2.09. The molecule has 5 heteroatoms. The molecule has 1 aromatic heterocycles. The molecule has 0 spiro atoms. The average molecular weight is 345 g/mol. The van der Waals surface area contributed by atoms with Crippen molar-refractivity contribution in [2.75, 3.05) is 0 Å².